The van der Waals surface area contributed by atoms with E-state index in [2.05, 4.69) is 20.1 Å². The van der Waals surface area contributed by atoms with E-state index in [1.54, 1.807) is 18.3 Å². The van der Waals surface area contributed by atoms with Crippen LogP contribution < -0.4 is 10.2 Å². The lowest BCUT2D eigenvalue weighted by molar-refractivity contribution is 0.102. The van der Waals surface area contributed by atoms with E-state index in [0.29, 0.717) is 29.1 Å². The highest BCUT2D eigenvalue weighted by Crippen LogP contribution is 2.35. The van der Waals surface area contributed by atoms with E-state index in [4.69, 9.17) is 0 Å². The maximum atomic E-state index is 13.1. The number of nitrogens with zero attached hydrogens (tertiary/aromatic N) is 3. The van der Waals surface area contributed by atoms with Gasteiger partial charge in [0.15, 0.2) is 0 Å². The van der Waals surface area contributed by atoms with E-state index >= 15 is 0 Å². The van der Waals surface area contributed by atoms with Crippen molar-refractivity contribution >= 4 is 17.4 Å². The molecule has 2 aromatic carbocycles. The molecule has 2 saturated heterocycles. The van der Waals surface area contributed by atoms with Gasteiger partial charge in [0.05, 0.1) is 0 Å². The number of carbonyl (C=O) groups excluding carboxylic acids is 1. The van der Waals surface area contributed by atoms with Gasteiger partial charge in [0.25, 0.3) is 5.91 Å². The van der Waals surface area contributed by atoms with Crippen LogP contribution in [0.4, 0.5) is 15.9 Å². The van der Waals surface area contributed by atoms with Gasteiger partial charge >= 0.3 is 0 Å². The van der Waals surface area contributed by atoms with Crippen molar-refractivity contribution < 1.29 is 14.3 Å². The largest absolute Gasteiger partial charge is 0.508 e. The Morgan fingerprint density at radius 2 is 1.94 bits per heavy atom. The lowest BCUT2D eigenvalue weighted by atomic mass is 10.2. The molecule has 2 atom stereocenters. The second kappa shape index (κ2) is 8.00. The van der Waals surface area contributed by atoms with Crippen molar-refractivity contribution in [3.63, 3.8) is 0 Å². The summed E-state index contributed by atoms with van der Waals surface area (Å²) in [4.78, 5) is 21.7. The molecule has 31 heavy (non-hydrogen) atoms. The summed E-state index contributed by atoms with van der Waals surface area (Å²) in [6, 6.07) is 17.4. The number of hydrogen-bond acceptors (Lipinski definition) is 5. The van der Waals surface area contributed by atoms with Gasteiger partial charge in [-0.2, -0.15) is 0 Å². The number of amides is 1. The highest BCUT2D eigenvalue weighted by molar-refractivity contribution is 6.04. The Morgan fingerprint density at radius 1 is 1.10 bits per heavy atom. The molecule has 158 valence electrons. The molecule has 2 aliphatic heterocycles. The summed E-state index contributed by atoms with van der Waals surface area (Å²) >= 11 is 0. The summed E-state index contributed by atoms with van der Waals surface area (Å²) in [5.41, 5.74) is 2.18. The zero-order chi connectivity index (χ0) is 21.4. The van der Waals surface area contributed by atoms with Crippen molar-refractivity contribution in [2.75, 3.05) is 23.3 Å². The summed E-state index contributed by atoms with van der Waals surface area (Å²) < 4.78 is 13.1. The van der Waals surface area contributed by atoms with Crippen LogP contribution in [0.2, 0.25) is 0 Å². The normalized spacial score (nSPS) is 20.2. The van der Waals surface area contributed by atoms with E-state index in [1.807, 2.05) is 24.3 Å². The summed E-state index contributed by atoms with van der Waals surface area (Å²) in [7, 11) is 0. The number of phenols is 1. The molecule has 1 amide bonds. The van der Waals surface area contributed by atoms with E-state index in [0.717, 1.165) is 37.4 Å². The van der Waals surface area contributed by atoms with Gasteiger partial charge in [0, 0.05) is 55.2 Å². The fraction of sp³-hybridized carbons (Fsp3) is 0.250. The lowest BCUT2D eigenvalue weighted by Gasteiger charge is -2.35. The minimum absolute atomic E-state index is 0.280. The molecule has 1 aromatic heterocycles. The SMILES string of the molecule is O=C(Nc1ccnc(N2CC3CC2CN3Cc2cccc(O)c2)c1)c1ccc(F)cc1. The number of benzene rings is 2. The first kappa shape index (κ1) is 19.5. The van der Waals surface area contributed by atoms with Gasteiger partial charge in [-0.25, -0.2) is 9.37 Å². The molecule has 5 rings (SSSR count). The Hall–Kier alpha value is -3.45. The Bertz CT molecular complexity index is 1100. The van der Waals surface area contributed by atoms with E-state index in [1.165, 1.54) is 24.3 Å². The van der Waals surface area contributed by atoms with Crippen molar-refractivity contribution in [1.29, 1.82) is 0 Å². The number of piperazine rings is 1. The number of fused-ring (bicyclic) bond motifs is 2. The van der Waals surface area contributed by atoms with Crippen LogP contribution in [0, 0.1) is 5.82 Å². The number of anilines is 2. The van der Waals surface area contributed by atoms with Crippen LogP contribution in [0.15, 0.2) is 66.9 Å². The quantitative estimate of drug-likeness (QED) is 0.662. The molecule has 0 saturated carbocycles. The second-order valence-electron chi connectivity index (χ2n) is 8.16. The summed E-state index contributed by atoms with van der Waals surface area (Å²) in [6.45, 7) is 2.64. The zero-order valence-corrected chi connectivity index (χ0v) is 16.9. The Morgan fingerprint density at radius 3 is 2.68 bits per heavy atom. The fourth-order valence-corrected chi connectivity index (χ4v) is 4.57. The number of phenolic OH excluding ortho intramolecular Hbond substituents is 1. The molecular weight excluding hydrogens is 395 g/mol. The molecule has 2 fully saturated rings. The molecule has 2 bridgehead atoms. The number of halogens is 1. The topological polar surface area (TPSA) is 68.7 Å². The van der Waals surface area contributed by atoms with Crippen LogP contribution >= 0.6 is 0 Å². The van der Waals surface area contributed by atoms with Gasteiger partial charge < -0.3 is 15.3 Å². The summed E-state index contributed by atoms with van der Waals surface area (Å²) in [5, 5.41) is 12.6. The third-order valence-electron chi connectivity index (χ3n) is 6.05. The van der Waals surface area contributed by atoms with Crippen molar-refractivity contribution in [2.24, 2.45) is 0 Å². The number of aromatic hydroxyl groups is 1. The minimum Gasteiger partial charge on any atom is -0.508 e. The van der Waals surface area contributed by atoms with Gasteiger partial charge in [-0.05, 0) is 54.4 Å². The number of aromatic nitrogens is 1. The predicted molar refractivity (Wildman–Crippen MR) is 117 cm³/mol. The number of rotatable bonds is 5. The zero-order valence-electron chi connectivity index (χ0n) is 16.9. The molecule has 2 N–H and O–H groups in total. The highest BCUT2D eigenvalue weighted by atomic mass is 19.1. The van der Waals surface area contributed by atoms with Gasteiger partial charge in [0.1, 0.15) is 17.4 Å². The highest BCUT2D eigenvalue weighted by Gasteiger charge is 2.43. The average Bonchev–Trinajstić information content (AvgIpc) is 3.35. The minimum atomic E-state index is -0.370. The monoisotopic (exact) mass is 418 g/mol. The van der Waals surface area contributed by atoms with Crippen molar-refractivity contribution in [3.05, 3.63) is 83.8 Å². The summed E-state index contributed by atoms with van der Waals surface area (Å²) in [6.07, 6.45) is 2.78. The molecule has 3 aromatic rings. The van der Waals surface area contributed by atoms with Crippen molar-refractivity contribution in [1.82, 2.24) is 9.88 Å². The van der Waals surface area contributed by atoms with Gasteiger partial charge in [-0.1, -0.05) is 12.1 Å². The molecule has 0 spiro atoms. The fourth-order valence-electron chi connectivity index (χ4n) is 4.57. The van der Waals surface area contributed by atoms with Gasteiger partial charge in [-0.15, -0.1) is 0 Å². The standard InChI is InChI=1S/C24H23FN4O2/c25-18-6-4-17(5-7-18)24(31)27-19-8-9-26-23(11-19)29-15-20-12-21(29)14-28(20)13-16-2-1-3-22(30)10-16/h1-11,20-21,30H,12-15H2,(H,26,27,31). The first-order valence-electron chi connectivity index (χ1n) is 10.4. The molecule has 6 nitrogen and oxygen atoms in total. The predicted octanol–water partition coefficient (Wildman–Crippen LogP) is 3.64. The van der Waals surface area contributed by atoms with Crippen LogP contribution in [-0.2, 0) is 6.54 Å². The third-order valence-corrected chi connectivity index (χ3v) is 6.05. The average molecular weight is 418 g/mol. The molecule has 2 unspecified atom stereocenters. The van der Waals surface area contributed by atoms with Crippen LogP contribution in [0.25, 0.3) is 0 Å². The first-order valence-corrected chi connectivity index (χ1v) is 10.4. The van der Waals surface area contributed by atoms with Crippen LogP contribution in [-0.4, -0.2) is 46.1 Å². The van der Waals surface area contributed by atoms with Crippen molar-refractivity contribution in [2.45, 2.75) is 25.0 Å². The summed E-state index contributed by atoms with van der Waals surface area (Å²) in [5.74, 6) is 0.496. The van der Waals surface area contributed by atoms with Gasteiger partial charge in [0.2, 0.25) is 0 Å². The number of hydrogen-bond donors (Lipinski definition) is 2. The molecule has 7 heteroatoms. The molecule has 2 aliphatic rings. The number of pyridine rings is 1. The molecular formula is C24H23FN4O2. The van der Waals surface area contributed by atoms with Crippen LogP contribution in [0.3, 0.4) is 0 Å². The van der Waals surface area contributed by atoms with E-state index < -0.39 is 0 Å². The van der Waals surface area contributed by atoms with E-state index in [9.17, 15) is 14.3 Å². The number of nitrogens with one attached hydrogen (secondary N) is 1. The Balaban J connectivity index is 1.24. The van der Waals surface area contributed by atoms with Crippen LogP contribution in [0.5, 0.6) is 5.75 Å². The van der Waals surface area contributed by atoms with Gasteiger partial charge in [-0.3, -0.25) is 9.69 Å². The lowest BCUT2D eigenvalue weighted by Crippen LogP contribution is -2.46. The maximum absolute atomic E-state index is 13.1. The molecule has 0 radical (unpaired) electrons. The molecule has 3 heterocycles. The Kier molecular flexibility index (Phi) is 5.03. The van der Waals surface area contributed by atoms with Crippen LogP contribution in [0.1, 0.15) is 22.3 Å². The van der Waals surface area contributed by atoms with Crippen molar-refractivity contribution in [3.8, 4) is 5.75 Å². The number of likely N-dealkylation sites (tertiary alicyclic amines) is 1. The Labute approximate surface area is 179 Å². The maximum Gasteiger partial charge on any atom is 0.255 e. The third kappa shape index (κ3) is 4.09. The first-order chi connectivity index (χ1) is 15.0. The smallest absolute Gasteiger partial charge is 0.255 e. The molecule has 0 aliphatic carbocycles. The number of carbonyl (C=O) groups is 1. The second-order valence-corrected chi connectivity index (χ2v) is 8.16. The van der Waals surface area contributed by atoms with E-state index in [-0.39, 0.29) is 11.7 Å².